The molecule has 0 aliphatic carbocycles. The van der Waals surface area contributed by atoms with Gasteiger partial charge in [-0.15, -0.1) is 0 Å². The van der Waals surface area contributed by atoms with Crippen molar-refractivity contribution in [3.05, 3.63) is 101 Å². The van der Waals surface area contributed by atoms with Crippen molar-refractivity contribution in [3.63, 3.8) is 0 Å². The topological polar surface area (TPSA) is 49.8 Å². The zero-order valence-corrected chi connectivity index (χ0v) is 15.4. The van der Waals surface area contributed by atoms with E-state index in [2.05, 4.69) is 0 Å². The Morgan fingerprint density at radius 3 is 2.54 bits per heavy atom. The van der Waals surface area contributed by atoms with Crippen LogP contribution in [0.3, 0.4) is 0 Å². The van der Waals surface area contributed by atoms with Crippen LogP contribution in [0.4, 0.5) is 4.39 Å². The molecule has 0 fully saturated rings. The van der Waals surface area contributed by atoms with E-state index >= 15 is 0 Å². The number of amides is 1. The third kappa shape index (κ3) is 2.94. The maximum atomic E-state index is 13.4. The van der Waals surface area contributed by atoms with Gasteiger partial charge in [-0.25, -0.2) is 4.39 Å². The Hall–Kier alpha value is -3.18. The lowest BCUT2D eigenvalue weighted by molar-refractivity contribution is -0.0494. The first-order valence-corrected chi connectivity index (χ1v) is 9.07. The second-order valence-electron chi connectivity index (χ2n) is 6.78. The average Bonchev–Trinajstić information content (AvgIpc) is 2.95. The molecule has 1 aliphatic rings. The summed E-state index contributed by atoms with van der Waals surface area (Å²) in [5, 5.41) is 11.7. The van der Waals surface area contributed by atoms with Crippen LogP contribution in [0.2, 0.25) is 0 Å². The molecule has 1 aliphatic heterocycles. The Labute approximate surface area is 162 Å². The zero-order valence-electron chi connectivity index (χ0n) is 15.4. The number of hydrogen-bond donors (Lipinski definition) is 1. The predicted molar refractivity (Wildman–Crippen MR) is 104 cm³/mol. The summed E-state index contributed by atoms with van der Waals surface area (Å²) in [5.41, 5.74) is 0.778. The molecule has 0 saturated heterocycles. The van der Waals surface area contributed by atoms with Crippen molar-refractivity contribution in [2.75, 3.05) is 13.7 Å². The van der Waals surface area contributed by atoms with Crippen LogP contribution in [0, 0.1) is 5.82 Å². The zero-order chi connectivity index (χ0) is 19.7. The van der Waals surface area contributed by atoms with E-state index in [1.807, 2.05) is 24.3 Å². The molecule has 1 amide bonds. The average molecular weight is 377 g/mol. The van der Waals surface area contributed by atoms with Gasteiger partial charge in [-0.2, -0.15) is 0 Å². The number of rotatable bonds is 5. The second-order valence-corrected chi connectivity index (χ2v) is 6.78. The minimum atomic E-state index is -1.64. The van der Waals surface area contributed by atoms with Crippen LogP contribution in [0.1, 0.15) is 27.0 Å². The van der Waals surface area contributed by atoms with Gasteiger partial charge in [0.25, 0.3) is 5.91 Å². The van der Waals surface area contributed by atoms with Gasteiger partial charge >= 0.3 is 0 Å². The lowest BCUT2D eigenvalue weighted by Crippen LogP contribution is -2.45. The monoisotopic (exact) mass is 377 g/mol. The third-order valence-corrected chi connectivity index (χ3v) is 5.17. The lowest BCUT2D eigenvalue weighted by atomic mass is 9.93. The molecule has 28 heavy (non-hydrogen) atoms. The number of benzene rings is 3. The predicted octanol–water partition coefficient (Wildman–Crippen LogP) is 3.73. The van der Waals surface area contributed by atoms with Crippen molar-refractivity contribution >= 4 is 5.91 Å². The molecule has 5 heteroatoms. The molecule has 4 rings (SSSR count). The third-order valence-electron chi connectivity index (χ3n) is 5.17. The number of halogens is 1. The molecule has 0 aromatic heterocycles. The highest BCUT2D eigenvalue weighted by atomic mass is 19.1. The van der Waals surface area contributed by atoms with Gasteiger partial charge in [0, 0.05) is 23.2 Å². The van der Waals surface area contributed by atoms with Crippen molar-refractivity contribution < 1.29 is 19.0 Å². The largest absolute Gasteiger partial charge is 0.497 e. The van der Waals surface area contributed by atoms with Crippen LogP contribution < -0.4 is 4.74 Å². The van der Waals surface area contributed by atoms with Gasteiger partial charge in [-0.3, -0.25) is 4.79 Å². The number of carbonyl (C=O) groups is 1. The fourth-order valence-corrected chi connectivity index (χ4v) is 3.74. The van der Waals surface area contributed by atoms with Gasteiger partial charge in [0.05, 0.1) is 7.11 Å². The maximum absolute atomic E-state index is 13.4. The summed E-state index contributed by atoms with van der Waals surface area (Å²) in [6.45, 7) is 0.300. The SMILES string of the molecule is COc1cccc(CCN2C(=O)c3ccccc3C2(O)c2ccc(F)cc2)c1. The molecule has 1 atom stereocenters. The quantitative estimate of drug-likeness (QED) is 0.737. The number of nitrogens with zero attached hydrogens (tertiary/aromatic N) is 1. The molecule has 3 aromatic carbocycles. The molecule has 142 valence electrons. The van der Waals surface area contributed by atoms with Crippen molar-refractivity contribution in [2.45, 2.75) is 12.1 Å². The number of carbonyl (C=O) groups excluding carboxylic acids is 1. The fourth-order valence-electron chi connectivity index (χ4n) is 3.74. The molecule has 1 heterocycles. The number of aliphatic hydroxyl groups is 1. The number of ether oxygens (including phenoxy) is 1. The Balaban J connectivity index is 1.72. The van der Waals surface area contributed by atoms with E-state index in [1.54, 1.807) is 31.4 Å². The Morgan fingerprint density at radius 2 is 1.79 bits per heavy atom. The lowest BCUT2D eigenvalue weighted by Gasteiger charge is -2.35. The van der Waals surface area contributed by atoms with Gasteiger partial charge in [-0.1, -0.05) is 42.5 Å². The standard InChI is InChI=1S/C23H20FNO3/c1-28-19-6-4-5-16(15-19)13-14-25-22(26)20-7-2-3-8-21(20)23(25,27)17-9-11-18(24)12-10-17/h2-12,15,27H,13-14H2,1H3. The van der Waals surface area contributed by atoms with Crippen LogP contribution in [0.25, 0.3) is 0 Å². The molecule has 3 aromatic rings. The summed E-state index contributed by atoms with van der Waals surface area (Å²) in [5.74, 6) is 0.0977. The first kappa shape index (κ1) is 18.2. The summed E-state index contributed by atoms with van der Waals surface area (Å²) >= 11 is 0. The van der Waals surface area contributed by atoms with Crippen LogP contribution in [0.15, 0.2) is 72.8 Å². The highest BCUT2D eigenvalue weighted by Gasteiger charge is 2.49. The normalized spacial score (nSPS) is 18.2. The van der Waals surface area contributed by atoms with Crippen molar-refractivity contribution in [2.24, 2.45) is 0 Å². The molecule has 4 nitrogen and oxygen atoms in total. The summed E-state index contributed by atoms with van der Waals surface area (Å²) in [6.07, 6.45) is 0.542. The van der Waals surface area contributed by atoms with Crippen molar-refractivity contribution in [3.8, 4) is 5.75 Å². The minimum absolute atomic E-state index is 0.245. The Kier molecular flexibility index (Phi) is 4.61. The molecule has 0 radical (unpaired) electrons. The second kappa shape index (κ2) is 7.09. The fraction of sp³-hybridized carbons (Fsp3) is 0.174. The molecule has 1 unspecified atom stereocenters. The molecule has 1 N–H and O–H groups in total. The van der Waals surface area contributed by atoms with Crippen LogP contribution >= 0.6 is 0 Å². The van der Waals surface area contributed by atoms with Crippen molar-refractivity contribution in [1.29, 1.82) is 0 Å². The van der Waals surface area contributed by atoms with E-state index in [1.165, 1.54) is 29.2 Å². The molecular formula is C23H20FNO3. The maximum Gasteiger partial charge on any atom is 0.257 e. The van der Waals surface area contributed by atoms with Crippen LogP contribution in [-0.2, 0) is 12.1 Å². The van der Waals surface area contributed by atoms with E-state index in [9.17, 15) is 14.3 Å². The smallest absolute Gasteiger partial charge is 0.257 e. The minimum Gasteiger partial charge on any atom is -0.497 e. The van der Waals surface area contributed by atoms with Gasteiger partial charge in [0.1, 0.15) is 11.6 Å². The van der Waals surface area contributed by atoms with Crippen LogP contribution in [-0.4, -0.2) is 29.6 Å². The van der Waals surface area contributed by atoms with E-state index in [-0.39, 0.29) is 5.91 Å². The molecular weight excluding hydrogens is 357 g/mol. The highest BCUT2D eigenvalue weighted by molar-refractivity contribution is 6.00. The Morgan fingerprint density at radius 1 is 1.04 bits per heavy atom. The van der Waals surface area contributed by atoms with E-state index in [0.29, 0.717) is 29.7 Å². The first-order chi connectivity index (χ1) is 13.5. The summed E-state index contributed by atoms with van der Waals surface area (Å²) in [4.78, 5) is 14.5. The van der Waals surface area contributed by atoms with E-state index in [4.69, 9.17) is 4.74 Å². The number of fused-ring (bicyclic) bond motifs is 1. The molecule has 0 bridgehead atoms. The van der Waals surface area contributed by atoms with Gasteiger partial charge < -0.3 is 14.7 Å². The van der Waals surface area contributed by atoms with Crippen LogP contribution in [0.5, 0.6) is 5.75 Å². The first-order valence-electron chi connectivity index (χ1n) is 9.07. The van der Waals surface area contributed by atoms with Gasteiger partial charge in [0.15, 0.2) is 5.72 Å². The van der Waals surface area contributed by atoms with E-state index in [0.717, 1.165) is 11.3 Å². The molecule has 0 saturated carbocycles. The number of hydrogen-bond acceptors (Lipinski definition) is 3. The van der Waals surface area contributed by atoms with Gasteiger partial charge in [0.2, 0.25) is 0 Å². The summed E-state index contributed by atoms with van der Waals surface area (Å²) in [7, 11) is 1.60. The number of methoxy groups -OCH3 is 1. The van der Waals surface area contributed by atoms with Crippen molar-refractivity contribution in [1.82, 2.24) is 4.90 Å². The Bertz CT molecular complexity index is 1020. The molecule has 0 spiro atoms. The highest BCUT2D eigenvalue weighted by Crippen LogP contribution is 2.42. The summed E-state index contributed by atoms with van der Waals surface area (Å²) < 4.78 is 18.7. The van der Waals surface area contributed by atoms with E-state index < -0.39 is 11.5 Å². The van der Waals surface area contributed by atoms with Gasteiger partial charge in [-0.05, 0) is 42.3 Å². The summed E-state index contributed by atoms with van der Waals surface area (Å²) in [6, 6.07) is 20.2.